The van der Waals surface area contributed by atoms with Crippen LogP contribution in [0.4, 0.5) is 10.3 Å². The number of anilines is 1. The molecule has 1 aliphatic heterocycles. The number of nitrogens with zero attached hydrogens (tertiary/aromatic N) is 5. The van der Waals surface area contributed by atoms with E-state index in [-0.39, 0.29) is 28.7 Å². The molecule has 2 N–H and O–H groups in total. The molecule has 36 heavy (non-hydrogen) atoms. The number of benzene rings is 1. The van der Waals surface area contributed by atoms with Gasteiger partial charge in [-0.25, -0.2) is 19.3 Å². The minimum atomic E-state index is -0.803. The summed E-state index contributed by atoms with van der Waals surface area (Å²) in [7, 11) is 1.52. The monoisotopic (exact) mass is 513 g/mol. The van der Waals surface area contributed by atoms with Crippen LogP contribution in [0.15, 0.2) is 36.7 Å². The van der Waals surface area contributed by atoms with Crippen molar-refractivity contribution in [2.75, 3.05) is 18.5 Å². The van der Waals surface area contributed by atoms with Gasteiger partial charge in [0.15, 0.2) is 5.69 Å². The maximum Gasteiger partial charge on any atom is 0.272 e. The van der Waals surface area contributed by atoms with Crippen molar-refractivity contribution in [2.45, 2.75) is 46.3 Å². The third-order valence-corrected chi connectivity index (χ3v) is 6.33. The maximum atomic E-state index is 15.0. The van der Waals surface area contributed by atoms with Gasteiger partial charge in [0.25, 0.3) is 5.91 Å². The Bertz CT molecular complexity index is 1270. The summed E-state index contributed by atoms with van der Waals surface area (Å²) in [5.74, 6) is -0.515. The van der Waals surface area contributed by atoms with Gasteiger partial charge < -0.3 is 20.1 Å². The van der Waals surface area contributed by atoms with Crippen molar-refractivity contribution >= 4 is 29.4 Å². The largest absolute Gasteiger partial charge is 0.357 e. The molecule has 1 aromatic carbocycles. The van der Waals surface area contributed by atoms with E-state index in [2.05, 4.69) is 25.6 Å². The lowest BCUT2D eigenvalue weighted by Gasteiger charge is -2.29. The molecule has 11 heteroatoms. The van der Waals surface area contributed by atoms with Crippen molar-refractivity contribution in [3.05, 3.63) is 58.9 Å². The lowest BCUT2D eigenvalue weighted by atomic mass is 9.86. The number of nitrogens with one attached hydrogen (secondary N) is 2. The molecule has 2 aromatic heterocycles. The lowest BCUT2D eigenvalue weighted by Crippen LogP contribution is -2.53. The predicted octanol–water partition coefficient (Wildman–Crippen LogP) is 3.43. The number of amides is 2. The van der Waals surface area contributed by atoms with Crippen molar-refractivity contribution in [3.8, 4) is 11.4 Å². The maximum absolute atomic E-state index is 15.0. The summed E-state index contributed by atoms with van der Waals surface area (Å²) in [6.45, 7) is 7.03. The summed E-state index contributed by atoms with van der Waals surface area (Å²) >= 11 is 5.97. The summed E-state index contributed by atoms with van der Waals surface area (Å²) < 4.78 is 16.8. The van der Waals surface area contributed by atoms with E-state index >= 15 is 0 Å². The molecular formula is C25H29ClFN7O2. The Balaban J connectivity index is 1.81. The molecule has 9 nitrogen and oxygen atoms in total. The molecule has 190 valence electrons. The van der Waals surface area contributed by atoms with E-state index in [0.717, 1.165) is 0 Å². The molecule has 0 saturated carbocycles. The lowest BCUT2D eigenvalue weighted by molar-refractivity contribution is -0.124. The highest BCUT2D eigenvalue weighted by atomic mass is 35.5. The van der Waals surface area contributed by atoms with E-state index in [1.807, 2.05) is 30.2 Å². The number of hydrogen-bond donors (Lipinski definition) is 2. The summed E-state index contributed by atoms with van der Waals surface area (Å²) in [6.07, 6.45) is 4.02. The number of halogens is 2. The van der Waals surface area contributed by atoms with Crippen LogP contribution in [-0.2, 0) is 17.9 Å². The number of aromatic nitrogens is 4. The Morgan fingerprint density at radius 3 is 2.53 bits per heavy atom. The standard InChI is InChI=1S/C25H29ClFN7O2/c1-25(2,3)20(23(36)28-4)32-22(35)19-18-14-33(24-29-9-5-10-30-24)11-6-12-34(18)21(31-19)16-8-7-15(26)13-17(16)27/h5,7-10,13,20H,6,11-12,14H2,1-4H3,(H,28,36)(H,32,35)/t20-/m1/s1. The van der Waals surface area contributed by atoms with Crippen molar-refractivity contribution in [3.63, 3.8) is 0 Å². The molecule has 0 radical (unpaired) electrons. The van der Waals surface area contributed by atoms with Crippen molar-refractivity contribution in [1.82, 2.24) is 30.2 Å². The van der Waals surface area contributed by atoms with E-state index in [9.17, 15) is 14.0 Å². The zero-order valence-electron chi connectivity index (χ0n) is 20.7. The Morgan fingerprint density at radius 2 is 1.89 bits per heavy atom. The highest BCUT2D eigenvalue weighted by Crippen LogP contribution is 2.31. The van der Waals surface area contributed by atoms with Gasteiger partial charge >= 0.3 is 0 Å². The van der Waals surface area contributed by atoms with Crippen molar-refractivity contribution in [1.29, 1.82) is 0 Å². The number of imidazole rings is 1. The number of hydrogen-bond acceptors (Lipinski definition) is 6. The highest BCUT2D eigenvalue weighted by Gasteiger charge is 2.35. The molecule has 1 atom stereocenters. The van der Waals surface area contributed by atoms with Crippen LogP contribution in [-0.4, -0.2) is 51.0 Å². The Kier molecular flexibility index (Phi) is 7.26. The topological polar surface area (TPSA) is 105 Å². The van der Waals surface area contributed by atoms with Crippen LogP contribution in [0.25, 0.3) is 11.4 Å². The minimum absolute atomic E-state index is 0.125. The van der Waals surface area contributed by atoms with Crippen molar-refractivity contribution in [2.24, 2.45) is 5.41 Å². The second-order valence-corrected chi connectivity index (χ2v) is 10.2. The van der Waals surface area contributed by atoms with Gasteiger partial charge in [-0.1, -0.05) is 32.4 Å². The first-order valence-corrected chi connectivity index (χ1v) is 12.1. The van der Waals surface area contributed by atoms with E-state index in [1.165, 1.54) is 13.1 Å². The predicted molar refractivity (Wildman–Crippen MR) is 135 cm³/mol. The van der Waals surface area contributed by atoms with Gasteiger partial charge in [-0.2, -0.15) is 0 Å². The first kappa shape index (κ1) is 25.6. The fourth-order valence-electron chi connectivity index (χ4n) is 4.27. The molecule has 3 aromatic rings. The van der Waals surface area contributed by atoms with Gasteiger partial charge in [0.1, 0.15) is 17.7 Å². The van der Waals surface area contributed by atoms with Gasteiger partial charge in [0.05, 0.1) is 17.8 Å². The Hall–Kier alpha value is -3.53. The third-order valence-electron chi connectivity index (χ3n) is 6.10. The fourth-order valence-corrected chi connectivity index (χ4v) is 4.43. The molecule has 0 aliphatic carbocycles. The quantitative estimate of drug-likeness (QED) is 0.541. The van der Waals surface area contributed by atoms with Crippen LogP contribution in [0, 0.1) is 11.2 Å². The van der Waals surface area contributed by atoms with Crippen molar-refractivity contribution < 1.29 is 14.0 Å². The normalized spacial score (nSPS) is 14.6. The summed E-state index contributed by atoms with van der Waals surface area (Å²) in [4.78, 5) is 41.4. The van der Waals surface area contributed by atoms with Gasteiger partial charge in [-0.3, -0.25) is 9.59 Å². The number of carbonyl (C=O) groups excluding carboxylic acids is 2. The first-order valence-electron chi connectivity index (χ1n) is 11.7. The molecule has 3 heterocycles. The first-order chi connectivity index (χ1) is 17.1. The zero-order valence-corrected chi connectivity index (χ0v) is 21.4. The molecule has 0 bridgehead atoms. The third kappa shape index (κ3) is 5.18. The number of rotatable bonds is 5. The number of fused-ring (bicyclic) bond motifs is 1. The van der Waals surface area contributed by atoms with E-state index in [4.69, 9.17) is 11.6 Å². The van der Waals surface area contributed by atoms with Crippen LogP contribution in [0.3, 0.4) is 0 Å². The summed E-state index contributed by atoms with van der Waals surface area (Å²) in [5, 5.41) is 5.72. The molecular weight excluding hydrogens is 485 g/mol. The number of likely N-dealkylation sites (N-methyl/N-ethyl adjacent to an activating group) is 1. The SMILES string of the molecule is CNC(=O)[C@@H](NC(=O)c1nc(-c2ccc(Cl)cc2F)n2c1CN(c1ncccn1)CCC2)C(C)(C)C. The Labute approximate surface area is 214 Å². The second kappa shape index (κ2) is 10.2. The van der Waals surface area contributed by atoms with Gasteiger partial charge in [-0.15, -0.1) is 0 Å². The molecule has 0 unspecified atom stereocenters. The molecule has 0 fully saturated rings. The summed E-state index contributed by atoms with van der Waals surface area (Å²) in [5.41, 5.74) is 0.399. The van der Waals surface area contributed by atoms with Crippen LogP contribution in [0.5, 0.6) is 0 Å². The molecule has 4 rings (SSSR count). The minimum Gasteiger partial charge on any atom is -0.357 e. The van der Waals surface area contributed by atoms with Gasteiger partial charge in [0.2, 0.25) is 11.9 Å². The zero-order chi connectivity index (χ0) is 26.0. The average molecular weight is 514 g/mol. The Morgan fingerprint density at radius 1 is 1.17 bits per heavy atom. The van der Waals surface area contributed by atoms with Gasteiger partial charge in [-0.05, 0) is 36.1 Å². The molecule has 1 aliphatic rings. The number of carbonyl (C=O) groups is 2. The average Bonchev–Trinajstić information content (AvgIpc) is 3.04. The van der Waals surface area contributed by atoms with Crippen LogP contribution >= 0.6 is 11.6 Å². The molecule has 0 spiro atoms. The second-order valence-electron chi connectivity index (χ2n) is 9.72. The van der Waals surface area contributed by atoms with E-state index in [1.54, 1.807) is 30.6 Å². The fraction of sp³-hybridized carbons (Fsp3) is 0.400. The summed E-state index contributed by atoms with van der Waals surface area (Å²) in [6, 6.07) is 5.30. The van der Waals surface area contributed by atoms with Gasteiger partial charge in [0, 0.05) is 37.6 Å². The van der Waals surface area contributed by atoms with Crippen LogP contribution in [0.1, 0.15) is 43.4 Å². The van der Waals surface area contributed by atoms with Crippen LogP contribution in [0.2, 0.25) is 5.02 Å². The van der Waals surface area contributed by atoms with Crippen LogP contribution < -0.4 is 15.5 Å². The smallest absolute Gasteiger partial charge is 0.272 e. The highest BCUT2D eigenvalue weighted by molar-refractivity contribution is 6.30. The van der Waals surface area contributed by atoms with E-state index in [0.29, 0.717) is 37.0 Å². The van der Waals surface area contributed by atoms with E-state index < -0.39 is 23.2 Å². The molecule has 2 amide bonds. The molecule has 0 saturated heterocycles.